The molecule has 0 unspecified atom stereocenters. The van der Waals surface area contributed by atoms with Gasteiger partial charge in [-0.15, -0.1) is 0 Å². The zero-order chi connectivity index (χ0) is 14.5. The molecule has 0 aliphatic carbocycles. The van der Waals surface area contributed by atoms with Crippen molar-refractivity contribution in [2.45, 2.75) is 6.54 Å². The van der Waals surface area contributed by atoms with E-state index in [2.05, 4.69) is 25.7 Å². The molecular formula is C14H21BrN2O3. The fourth-order valence-corrected chi connectivity index (χ4v) is 2.93. The maximum absolute atomic E-state index is 9.81. The zero-order valence-corrected chi connectivity index (χ0v) is 13.3. The fourth-order valence-electron chi connectivity index (χ4n) is 2.44. The summed E-state index contributed by atoms with van der Waals surface area (Å²) in [6.45, 7) is 5.76. The lowest BCUT2D eigenvalue weighted by molar-refractivity contribution is 0.108. The van der Waals surface area contributed by atoms with Gasteiger partial charge in [0.15, 0.2) is 11.5 Å². The predicted molar refractivity (Wildman–Crippen MR) is 81.2 cm³/mol. The third-order valence-corrected chi connectivity index (χ3v) is 4.20. The van der Waals surface area contributed by atoms with Crippen molar-refractivity contribution in [1.82, 2.24) is 9.80 Å². The summed E-state index contributed by atoms with van der Waals surface area (Å²) < 4.78 is 5.83. The number of rotatable bonds is 5. The molecule has 1 aliphatic rings. The second-order valence-corrected chi connectivity index (χ2v) is 5.82. The first-order valence-corrected chi connectivity index (χ1v) is 7.54. The van der Waals surface area contributed by atoms with Crippen molar-refractivity contribution in [3.63, 3.8) is 0 Å². The number of hydrogen-bond donors (Lipinski definition) is 2. The van der Waals surface area contributed by atoms with E-state index in [-0.39, 0.29) is 12.4 Å². The molecule has 0 bridgehead atoms. The molecule has 0 radical (unpaired) electrons. The minimum atomic E-state index is 0.143. The molecule has 2 rings (SSSR count). The van der Waals surface area contributed by atoms with Crippen LogP contribution in [0.2, 0.25) is 0 Å². The van der Waals surface area contributed by atoms with Crippen LogP contribution in [0.1, 0.15) is 5.56 Å². The van der Waals surface area contributed by atoms with Gasteiger partial charge < -0.3 is 14.9 Å². The van der Waals surface area contributed by atoms with Crippen LogP contribution in [0, 0.1) is 0 Å². The molecule has 5 nitrogen and oxygen atoms in total. The molecule has 6 heteroatoms. The maximum atomic E-state index is 9.81. The first-order valence-electron chi connectivity index (χ1n) is 6.75. The summed E-state index contributed by atoms with van der Waals surface area (Å²) in [6.07, 6.45) is 0. The van der Waals surface area contributed by atoms with Gasteiger partial charge in [0.1, 0.15) is 0 Å². The molecule has 0 amide bonds. The van der Waals surface area contributed by atoms with E-state index >= 15 is 0 Å². The van der Waals surface area contributed by atoms with Gasteiger partial charge in [-0.05, 0) is 33.6 Å². The molecule has 0 spiro atoms. The summed E-state index contributed by atoms with van der Waals surface area (Å²) in [5, 5.41) is 18.7. The maximum Gasteiger partial charge on any atom is 0.172 e. The van der Waals surface area contributed by atoms with Gasteiger partial charge in [0.05, 0.1) is 18.2 Å². The number of phenolic OH excluding ortho intramolecular Hbond substituents is 1. The van der Waals surface area contributed by atoms with E-state index in [9.17, 15) is 5.11 Å². The van der Waals surface area contributed by atoms with Crippen molar-refractivity contribution in [3.8, 4) is 11.5 Å². The summed E-state index contributed by atoms with van der Waals surface area (Å²) in [6, 6.07) is 3.80. The van der Waals surface area contributed by atoms with E-state index in [0.717, 1.165) is 44.8 Å². The van der Waals surface area contributed by atoms with Crippen molar-refractivity contribution in [2.75, 3.05) is 46.4 Å². The Morgan fingerprint density at radius 3 is 2.45 bits per heavy atom. The molecule has 1 aromatic carbocycles. The number of piperazine rings is 1. The van der Waals surface area contributed by atoms with E-state index < -0.39 is 0 Å². The Kier molecular flexibility index (Phi) is 5.65. The highest BCUT2D eigenvalue weighted by Gasteiger charge is 2.17. The van der Waals surface area contributed by atoms with Crippen LogP contribution in [0.15, 0.2) is 16.6 Å². The highest BCUT2D eigenvalue weighted by Crippen LogP contribution is 2.35. The summed E-state index contributed by atoms with van der Waals surface area (Å²) in [5.41, 5.74) is 1.11. The standard InChI is InChI=1S/C14H21BrN2O3/c1-20-13-9-11(8-12(15)14(13)19)10-17-4-2-16(3-5-17)6-7-18/h8-9,18-19H,2-7,10H2,1H3. The summed E-state index contributed by atoms with van der Waals surface area (Å²) in [7, 11) is 1.55. The number of aliphatic hydroxyl groups is 1. The Morgan fingerprint density at radius 1 is 1.20 bits per heavy atom. The van der Waals surface area contributed by atoms with Crippen LogP contribution in [-0.2, 0) is 6.54 Å². The van der Waals surface area contributed by atoms with Crippen molar-refractivity contribution < 1.29 is 14.9 Å². The van der Waals surface area contributed by atoms with E-state index in [1.165, 1.54) is 0 Å². The summed E-state index contributed by atoms with van der Waals surface area (Å²) in [5.74, 6) is 0.636. The molecule has 0 atom stereocenters. The van der Waals surface area contributed by atoms with Crippen molar-refractivity contribution in [1.29, 1.82) is 0 Å². The lowest BCUT2D eigenvalue weighted by atomic mass is 10.1. The Morgan fingerprint density at radius 2 is 1.85 bits per heavy atom. The van der Waals surface area contributed by atoms with Crippen LogP contribution in [0.4, 0.5) is 0 Å². The van der Waals surface area contributed by atoms with E-state index in [0.29, 0.717) is 10.2 Å². The smallest absolute Gasteiger partial charge is 0.172 e. The van der Waals surface area contributed by atoms with Gasteiger partial charge in [-0.25, -0.2) is 0 Å². The van der Waals surface area contributed by atoms with Crippen LogP contribution in [-0.4, -0.2) is 66.5 Å². The quantitative estimate of drug-likeness (QED) is 0.842. The number of aliphatic hydroxyl groups excluding tert-OH is 1. The molecule has 1 fully saturated rings. The monoisotopic (exact) mass is 344 g/mol. The number of aromatic hydroxyl groups is 1. The third kappa shape index (κ3) is 3.85. The highest BCUT2D eigenvalue weighted by molar-refractivity contribution is 9.10. The zero-order valence-electron chi connectivity index (χ0n) is 11.7. The molecule has 2 N–H and O–H groups in total. The third-order valence-electron chi connectivity index (χ3n) is 3.60. The normalized spacial score (nSPS) is 17.4. The van der Waals surface area contributed by atoms with Gasteiger partial charge in [0.25, 0.3) is 0 Å². The first kappa shape index (κ1) is 15.6. The van der Waals surface area contributed by atoms with Crippen LogP contribution in [0.3, 0.4) is 0 Å². The minimum absolute atomic E-state index is 0.143. The molecule has 112 valence electrons. The molecule has 1 saturated heterocycles. The van der Waals surface area contributed by atoms with Crippen LogP contribution in [0.25, 0.3) is 0 Å². The predicted octanol–water partition coefficient (Wildman–Crippen LogP) is 1.27. The number of nitrogens with zero attached hydrogens (tertiary/aromatic N) is 2. The number of hydrogen-bond acceptors (Lipinski definition) is 5. The van der Waals surface area contributed by atoms with Crippen molar-refractivity contribution in [2.24, 2.45) is 0 Å². The van der Waals surface area contributed by atoms with Crippen LogP contribution >= 0.6 is 15.9 Å². The van der Waals surface area contributed by atoms with Gasteiger partial charge in [-0.1, -0.05) is 0 Å². The average Bonchev–Trinajstić information content (AvgIpc) is 2.45. The number of benzene rings is 1. The largest absolute Gasteiger partial charge is 0.503 e. The number of methoxy groups -OCH3 is 1. The number of β-amino-alcohol motifs (C(OH)–C–C–N with tert-alkyl or cyclic N) is 1. The minimum Gasteiger partial charge on any atom is -0.503 e. The van der Waals surface area contributed by atoms with Crippen LogP contribution in [0.5, 0.6) is 11.5 Å². The Bertz CT molecular complexity index is 448. The fraction of sp³-hybridized carbons (Fsp3) is 0.571. The topological polar surface area (TPSA) is 56.2 Å². The molecular weight excluding hydrogens is 324 g/mol. The summed E-state index contributed by atoms with van der Waals surface area (Å²) in [4.78, 5) is 4.63. The lowest BCUT2D eigenvalue weighted by Crippen LogP contribution is -2.46. The molecule has 1 aromatic rings. The average molecular weight is 345 g/mol. The van der Waals surface area contributed by atoms with Crippen molar-refractivity contribution >= 4 is 15.9 Å². The second-order valence-electron chi connectivity index (χ2n) is 4.97. The Balaban J connectivity index is 1.96. The lowest BCUT2D eigenvalue weighted by Gasteiger charge is -2.34. The van der Waals surface area contributed by atoms with E-state index in [1.807, 2.05) is 12.1 Å². The van der Waals surface area contributed by atoms with E-state index in [4.69, 9.17) is 9.84 Å². The first-order chi connectivity index (χ1) is 9.63. The SMILES string of the molecule is COc1cc(CN2CCN(CCO)CC2)cc(Br)c1O. The molecule has 1 heterocycles. The van der Waals surface area contributed by atoms with Gasteiger partial charge in [0.2, 0.25) is 0 Å². The van der Waals surface area contributed by atoms with Gasteiger partial charge in [-0.3, -0.25) is 9.80 Å². The van der Waals surface area contributed by atoms with Crippen LogP contribution < -0.4 is 4.74 Å². The number of halogens is 1. The highest BCUT2D eigenvalue weighted by atomic mass is 79.9. The van der Waals surface area contributed by atoms with Gasteiger partial charge in [0, 0.05) is 39.3 Å². The molecule has 0 aromatic heterocycles. The Hall–Kier alpha value is -0.820. The van der Waals surface area contributed by atoms with E-state index in [1.54, 1.807) is 7.11 Å². The van der Waals surface area contributed by atoms with Gasteiger partial charge in [-0.2, -0.15) is 0 Å². The second kappa shape index (κ2) is 7.26. The summed E-state index contributed by atoms with van der Waals surface area (Å²) >= 11 is 3.35. The Labute approximate surface area is 127 Å². The molecule has 20 heavy (non-hydrogen) atoms. The number of ether oxygens (including phenoxy) is 1. The molecule has 0 saturated carbocycles. The molecule has 1 aliphatic heterocycles. The number of phenols is 1. The van der Waals surface area contributed by atoms with Gasteiger partial charge >= 0.3 is 0 Å². The van der Waals surface area contributed by atoms with Crippen molar-refractivity contribution in [3.05, 3.63) is 22.2 Å².